The second-order valence-electron chi connectivity index (χ2n) is 6.73. The highest BCUT2D eigenvalue weighted by Crippen LogP contribution is 2.35. The van der Waals surface area contributed by atoms with E-state index in [0.29, 0.717) is 0 Å². The molecule has 0 spiro atoms. The van der Waals surface area contributed by atoms with Crippen molar-refractivity contribution in [3.8, 4) is 0 Å². The SMILES string of the molecule is CC(C)(C)OC(=O)C(N)(CC(=O)CBr)C1CCCCC1. The summed E-state index contributed by atoms with van der Waals surface area (Å²) in [4.78, 5) is 24.3. The monoisotopic (exact) mass is 347 g/mol. The van der Waals surface area contributed by atoms with Crippen LogP contribution in [0.25, 0.3) is 0 Å². The van der Waals surface area contributed by atoms with E-state index in [2.05, 4.69) is 15.9 Å². The number of halogens is 1. The second kappa shape index (κ2) is 7.03. The highest BCUT2D eigenvalue weighted by molar-refractivity contribution is 9.09. The number of hydrogen-bond acceptors (Lipinski definition) is 4. The molecule has 20 heavy (non-hydrogen) atoms. The van der Waals surface area contributed by atoms with Gasteiger partial charge in [-0.3, -0.25) is 9.59 Å². The summed E-state index contributed by atoms with van der Waals surface area (Å²) in [6.07, 6.45) is 5.14. The van der Waals surface area contributed by atoms with Crippen molar-refractivity contribution in [2.75, 3.05) is 5.33 Å². The van der Waals surface area contributed by atoms with Gasteiger partial charge in [0.1, 0.15) is 16.9 Å². The number of ether oxygens (including phenoxy) is 1. The highest BCUT2D eigenvalue weighted by Gasteiger charge is 2.46. The van der Waals surface area contributed by atoms with Crippen molar-refractivity contribution in [3.05, 3.63) is 0 Å². The topological polar surface area (TPSA) is 69.4 Å². The van der Waals surface area contributed by atoms with E-state index in [1.807, 2.05) is 20.8 Å². The molecular formula is C15H26BrNO3. The standard InChI is InChI=1S/C15H26BrNO3/c1-14(2,3)20-13(19)15(17,9-12(18)10-16)11-7-5-4-6-8-11/h11H,4-10,17H2,1-3H3. The first-order valence-corrected chi connectivity index (χ1v) is 8.41. The molecule has 0 amide bonds. The van der Waals surface area contributed by atoms with Gasteiger partial charge in [-0.05, 0) is 39.5 Å². The molecule has 0 radical (unpaired) electrons. The molecule has 0 bridgehead atoms. The van der Waals surface area contributed by atoms with Gasteiger partial charge in [-0.1, -0.05) is 35.2 Å². The minimum Gasteiger partial charge on any atom is -0.459 e. The van der Waals surface area contributed by atoms with Crippen LogP contribution in [0.15, 0.2) is 0 Å². The summed E-state index contributed by atoms with van der Waals surface area (Å²) in [5.74, 6) is -0.454. The molecule has 0 aromatic rings. The summed E-state index contributed by atoms with van der Waals surface area (Å²) in [5, 5.41) is 0.224. The molecule has 0 aromatic heterocycles. The Balaban J connectivity index is 2.92. The number of carbonyl (C=O) groups is 2. The van der Waals surface area contributed by atoms with Crippen molar-refractivity contribution >= 4 is 27.7 Å². The van der Waals surface area contributed by atoms with Crippen LogP contribution in [-0.4, -0.2) is 28.2 Å². The second-order valence-corrected chi connectivity index (χ2v) is 7.29. The molecule has 1 aliphatic carbocycles. The molecular weight excluding hydrogens is 322 g/mol. The molecule has 1 saturated carbocycles. The Labute approximate surface area is 129 Å². The fourth-order valence-corrected chi connectivity index (χ4v) is 2.95. The minimum absolute atomic E-state index is 0.0362. The molecule has 1 unspecified atom stereocenters. The lowest BCUT2D eigenvalue weighted by atomic mass is 9.72. The summed E-state index contributed by atoms with van der Waals surface area (Å²) < 4.78 is 5.47. The van der Waals surface area contributed by atoms with Crippen molar-refractivity contribution in [3.63, 3.8) is 0 Å². The summed E-state index contributed by atoms with van der Waals surface area (Å²) in [6.45, 7) is 5.45. The summed E-state index contributed by atoms with van der Waals surface area (Å²) in [6, 6.07) is 0. The normalized spacial score (nSPS) is 20.2. The molecule has 1 atom stereocenters. The third kappa shape index (κ3) is 4.85. The quantitative estimate of drug-likeness (QED) is 0.613. The zero-order valence-electron chi connectivity index (χ0n) is 12.7. The lowest BCUT2D eigenvalue weighted by Gasteiger charge is -2.38. The summed E-state index contributed by atoms with van der Waals surface area (Å²) >= 11 is 3.14. The van der Waals surface area contributed by atoms with Gasteiger partial charge >= 0.3 is 5.97 Å². The number of hydrogen-bond donors (Lipinski definition) is 1. The molecule has 0 aliphatic heterocycles. The van der Waals surface area contributed by atoms with Crippen LogP contribution < -0.4 is 5.73 Å². The Morgan fingerprint density at radius 1 is 1.20 bits per heavy atom. The molecule has 1 fully saturated rings. The fraction of sp³-hybridized carbons (Fsp3) is 0.867. The third-order valence-electron chi connectivity index (χ3n) is 3.75. The number of esters is 1. The first kappa shape index (κ1) is 17.6. The summed E-state index contributed by atoms with van der Waals surface area (Å²) in [7, 11) is 0. The Bertz CT molecular complexity index is 359. The molecule has 4 nitrogen and oxygen atoms in total. The molecule has 0 saturated heterocycles. The van der Waals surface area contributed by atoms with Gasteiger partial charge in [0.2, 0.25) is 0 Å². The highest BCUT2D eigenvalue weighted by atomic mass is 79.9. The maximum Gasteiger partial charge on any atom is 0.327 e. The van der Waals surface area contributed by atoms with Crippen molar-refractivity contribution in [1.82, 2.24) is 0 Å². The number of carbonyl (C=O) groups excluding carboxylic acids is 2. The van der Waals surface area contributed by atoms with Crippen molar-refractivity contribution in [2.24, 2.45) is 11.7 Å². The molecule has 0 heterocycles. The largest absolute Gasteiger partial charge is 0.459 e. The average Bonchev–Trinajstić information content (AvgIpc) is 2.37. The molecule has 1 rings (SSSR count). The van der Waals surface area contributed by atoms with E-state index in [0.717, 1.165) is 25.7 Å². The van der Waals surface area contributed by atoms with Crippen LogP contribution in [0.2, 0.25) is 0 Å². The van der Waals surface area contributed by atoms with Gasteiger partial charge in [0, 0.05) is 6.42 Å². The van der Waals surface area contributed by atoms with Gasteiger partial charge in [-0.2, -0.15) is 0 Å². The van der Waals surface area contributed by atoms with E-state index in [4.69, 9.17) is 10.5 Å². The molecule has 1 aliphatic rings. The predicted molar refractivity (Wildman–Crippen MR) is 82.8 cm³/mol. The van der Waals surface area contributed by atoms with E-state index in [9.17, 15) is 9.59 Å². The lowest BCUT2D eigenvalue weighted by Crippen LogP contribution is -2.58. The smallest absolute Gasteiger partial charge is 0.327 e. The van der Waals surface area contributed by atoms with Gasteiger partial charge < -0.3 is 10.5 Å². The number of ketones is 1. The Kier molecular flexibility index (Phi) is 6.20. The average molecular weight is 348 g/mol. The van der Waals surface area contributed by atoms with Crippen molar-refractivity contribution < 1.29 is 14.3 Å². The molecule has 2 N–H and O–H groups in total. The van der Waals surface area contributed by atoms with Crippen LogP contribution in [0, 0.1) is 5.92 Å². The van der Waals surface area contributed by atoms with Crippen LogP contribution in [0.5, 0.6) is 0 Å². The van der Waals surface area contributed by atoms with Crippen LogP contribution in [-0.2, 0) is 14.3 Å². The van der Waals surface area contributed by atoms with E-state index in [1.165, 1.54) is 6.42 Å². The predicted octanol–water partition coefficient (Wildman–Crippen LogP) is 2.96. The van der Waals surface area contributed by atoms with Crippen LogP contribution >= 0.6 is 15.9 Å². The van der Waals surface area contributed by atoms with E-state index < -0.39 is 17.1 Å². The molecule has 5 heteroatoms. The van der Waals surface area contributed by atoms with Gasteiger partial charge in [0.25, 0.3) is 0 Å². The number of nitrogens with two attached hydrogens (primary N) is 1. The molecule has 116 valence electrons. The lowest BCUT2D eigenvalue weighted by molar-refractivity contribution is -0.166. The Morgan fingerprint density at radius 3 is 2.20 bits per heavy atom. The Morgan fingerprint density at radius 2 is 1.75 bits per heavy atom. The maximum absolute atomic E-state index is 12.5. The first-order chi connectivity index (χ1) is 9.19. The number of alkyl halides is 1. The summed E-state index contributed by atoms with van der Waals surface area (Å²) in [5.41, 5.74) is 4.61. The van der Waals surface area contributed by atoms with Crippen LogP contribution in [0.1, 0.15) is 59.3 Å². The van der Waals surface area contributed by atoms with E-state index >= 15 is 0 Å². The Hall–Kier alpha value is -0.420. The van der Waals surface area contributed by atoms with Crippen molar-refractivity contribution in [1.29, 1.82) is 0 Å². The van der Waals surface area contributed by atoms with Crippen LogP contribution in [0.4, 0.5) is 0 Å². The van der Waals surface area contributed by atoms with Crippen molar-refractivity contribution in [2.45, 2.75) is 70.4 Å². The number of rotatable bonds is 5. The zero-order valence-corrected chi connectivity index (χ0v) is 14.3. The fourth-order valence-electron chi connectivity index (χ4n) is 2.75. The zero-order chi connectivity index (χ0) is 15.4. The van der Waals surface area contributed by atoms with Crippen LogP contribution in [0.3, 0.4) is 0 Å². The van der Waals surface area contributed by atoms with Gasteiger partial charge in [-0.15, -0.1) is 0 Å². The maximum atomic E-state index is 12.5. The van der Waals surface area contributed by atoms with Gasteiger partial charge in [-0.25, -0.2) is 0 Å². The van der Waals surface area contributed by atoms with Gasteiger partial charge in [0.15, 0.2) is 0 Å². The third-order valence-corrected chi connectivity index (χ3v) is 4.38. The first-order valence-electron chi connectivity index (χ1n) is 7.29. The molecule has 0 aromatic carbocycles. The minimum atomic E-state index is -1.18. The van der Waals surface area contributed by atoms with E-state index in [-0.39, 0.29) is 23.5 Å². The number of Topliss-reactive ketones (excluding diaryl/α,β-unsaturated/α-hetero) is 1. The van der Waals surface area contributed by atoms with Gasteiger partial charge in [0.05, 0.1) is 5.33 Å². The van der Waals surface area contributed by atoms with E-state index in [1.54, 1.807) is 0 Å².